The maximum absolute atomic E-state index is 13.1. The van der Waals surface area contributed by atoms with Gasteiger partial charge in [-0.05, 0) is 24.6 Å². The molecule has 0 aliphatic carbocycles. The van der Waals surface area contributed by atoms with Gasteiger partial charge in [0.15, 0.2) is 5.82 Å². The van der Waals surface area contributed by atoms with E-state index in [1.165, 1.54) is 23.5 Å². The molecule has 0 bridgehead atoms. The zero-order valence-corrected chi connectivity index (χ0v) is 11.8. The number of anilines is 1. The standard InChI is InChI=1S/C13H12FN5OS/c14-8-1-2-9(10(15)5-8)12-18-19-11(7-3-4-20-6-7)16-17-13(19)21-12/h1-2,5,7H,3-4,6,15H2. The van der Waals surface area contributed by atoms with Gasteiger partial charge in [0.1, 0.15) is 10.8 Å². The third kappa shape index (κ3) is 2.07. The topological polar surface area (TPSA) is 78.3 Å². The second kappa shape index (κ2) is 4.74. The highest BCUT2D eigenvalue weighted by molar-refractivity contribution is 7.19. The molecule has 1 saturated heterocycles. The molecule has 6 nitrogen and oxygen atoms in total. The number of aromatic nitrogens is 4. The fourth-order valence-corrected chi connectivity index (χ4v) is 3.36. The van der Waals surface area contributed by atoms with Crippen molar-refractivity contribution in [3.63, 3.8) is 0 Å². The van der Waals surface area contributed by atoms with Crippen LogP contribution in [0, 0.1) is 5.82 Å². The molecule has 3 aromatic rings. The number of rotatable bonds is 2. The summed E-state index contributed by atoms with van der Waals surface area (Å²) in [6.07, 6.45) is 0.923. The molecule has 3 heterocycles. The third-order valence-electron chi connectivity index (χ3n) is 3.55. The van der Waals surface area contributed by atoms with E-state index >= 15 is 0 Å². The van der Waals surface area contributed by atoms with Crippen LogP contribution in [0.2, 0.25) is 0 Å². The fourth-order valence-electron chi connectivity index (χ4n) is 2.46. The molecule has 21 heavy (non-hydrogen) atoms. The lowest BCUT2D eigenvalue weighted by atomic mass is 10.1. The van der Waals surface area contributed by atoms with E-state index in [2.05, 4.69) is 15.3 Å². The highest BCUT2D eigenvalue weighted by atomic mass is 32.1. The van der Waals surface area contributed by atoms with Crippen molar-refractivity contribution in [2.75, 3.05) is 18.9 Å². The maximum atomic E-state index is 13.1. The minimum absolute atomic E-state index is 0.223. The number of halogens is 1. The van der Waals surface area contributed by atoms with Gasteiger partial charge in [0, 0.05) is 23.8 Å². The van der Waals surface area contributed by atoms with Gasteiger partial charge in [0.25, 0.3) is 0 Å². The molecule has 2 aromatic heterocycles. The number of hydrogen-bond donors (Lipinski definition) is 1. The Bertz CT molecular complexity index is 808. The van der Waals surface area contributed by atoms with Gasteiger partial charge in [0.05, 0.1) is 6.61 Å². The number of fused-ring (bicyclic) bond motifs is 1. The molecule has 4 rings (SSSR count). The first-order chi connectivity index (χ1) is 10.2. The zero-order valence-electron chi connectivity index (χ0n) is 11.0. The SMILES string of the molecule is Nc1cc(F)ccc1-c1nn2c(C3CCOC3)nnc2s1. The van der Waals surface area contributed by atoms with Crippen molar-refractivity contribution < 1.29 is 9.13 Å². The molecule has 1 aliphatic heterocycles. The predicted molar refractivity (Wildman–Crippen MR) is 76.6 cm³/mol. The summed E-state index contributed by atoms with van der Waals surface area (Å²) in [6.45, 7) is 1.38. The molecule has 0 saturated carbocycles. The number of nitrogens with zero attached hydrogens (tertiary/aromatic N) is 4. The molecule has 2 N–H and O–H groups in total. The Morgan fingerprint density at radius 2 is 2.29 bits per heavy atom. The summed E-state index contributed by atoms with van der Waals surface area (Å²) < 4.78 is 20.3. The quantitative estimate of drug-likeness (QED) is 0.733. The molecule has 1 unspecified atom stereocenters. The Morgan fingerprint density at radius 1 is 1.38 bits per heavy atom. The molecule has 1 aliphatic rings. The van der Waals surface area contributed by atoms with Crippen molar-refractivity contribution in [2.24, 2.45) is 0 Å². The summed E-state index contributed by atoms with van der Waals surface area (Å²) in [4.78, 5) is 0.704. The lowest BCUT2D eigenvalue weighted by Gasteiger charge is -2.03. The van der Waals surface area contributed by atoms with Crippen molar-refractivity contribution in [1.29, 1.82) is 0 Å². The Kier molecular flexibility index (Phi) is 2.86. The Balaban J connectivity index is 1.80. The highest BCUT2D eigenvalue weighted by Crippen LogP contribution is 2.32. The van der Waals surface area contributed by atoms with Crippen molar-refractivity contribution >= 4 is 22.0 Å². The normalized spacial score (nSPS) is 18.6. The minimum atomic E-state index is -0.358. The van der Waals surface area contributed by atoms with Gasteiger partial charge in [0.2, 0.25) is 4.96 Å². The van der Waals surface area contributed by atoms with Crippen molar-refractivity contribution in [2.45, 2.75) is 12.3 Å². The van der Waals surface area contributed by atoms with Crippen LogP contribution in [-0.4, -0.2) is 33.0 Å². The molecule has 8 heteroatoms. The molecule has 1 fully saturated rings. The maximum Gasteiger partial charge on any atom is 0.234 e. The Morgan fingerprint density at radius 3 is 3.05 bits per heavy atom. The van der Waals surface area contributed by atoms with E-state index in [-0.39, 0.29) is 11.7 Å². The molecular formula is C13H12FN5OS. The summed E-state index contributed by atoms with van der Waals surface area (Å²) in [7, 11) is 0. The van der Waals surface area contributed by atoms with Crippen LogP contribution in [0.15, 0.2) is 18.2 Å². The van der Waals surface area contributed by atoms with Crippen molar-refractivity contribution in [3.8, 4) is 10.6 Å². The largest absolute Gasteiger partial charge is 0.398 e. The van der Waals surface area contributed by atoms with Crippen molar-refractivity contribution in [1.82, 2.24) is 19.8 Å². The van der Waals surface area contributed by atoms with E-state index in [0.29, 0.717) is 27.8 Å². The number of hydrogen-bond acceptors (Lipinski definition) is 6. The van der Waals surface area contributed by atoms with Crippen LogP contribution in [0.3, 0.4) is 0 Å². The lowest BCUT2D eigenvalue weighted by molar-refractivity contribution is 0.193. The summed E-state index contributed by atoms with van der Waals surface area (Å²) >= 11 is 1.38. The first kappa shape index (κ1) is 12.7. The van der Waals surface area contributed by atoms with Crippen LogP contribution in [-0.2, 0) is 4.74 Å². The van der Waals surface area contributed by atoms with E-state index in [0.717, 1.165) is 18.9 Å². The molecule has 0 radical (unpaired) electrons. The van der Waals surface area contributed by atoms with Crippen LogP contribution < -0.4 is 5.73 Å². The number of nitrogen functional groups attached to an aromatic ring is 1. The zero-order chi connectivity index (χ0) is 14.4. The molecular weight excluding hydrogens is 293 g/mol. The van der Waals surface area contributed by atoms with Gasteiger partial charge in [-0.1, -0.05) is 11.3 Å². The Hall–Kier alpha value is -2.06. The van der Waals surface area contributed by atoms with E-state index in [9.17, 15) is 4.39 Å². The molecule has 108 valence electrons. The smallest absolute Gasteiger partial charge is 0.234 e. The number of ether oxygens (including phenoxy) is 1. The monoisotopic (exact) mass is 305 g/mol. The van der Waals surface area contributed by atoms with Gasteiger partial charge in [-0.2, -0.15) is 9.61 Å². The number of benzene rings is 1. The Labute approximate surface area is 123 Å². The van der Waals surface area contributed by atoms with Crippen LogP contribution in [0.25, 0.3) is 15.5 Å². The second-order valence-corrected chi connectivity index (χ2v) is 5.91. The summed E-state index contributed by atoms with van der Waals surface area (Å²) in [5.41, 5.74) is 6.94. The van der Waals surface area contributed by atoms with E-state index < -0.39 is 0 Å². The molecule has 0 amide bonds. The first-order valence-corrected chi connectivity index (χ1v) is 7.39. The van der Waals surface area contributed by atoms with Gasteiger partial charge >= 0.3 is 0 Å². The van der Waals surface area contributed by atoms with Crippen LogP contribution >= 0.6 is 11.3 Å². The molecule has 1 aromatic carbocycles. The minimum Gasteiger partial charge on any atom is -0.398 e. The highest BCUT2D eigenvalue weighted by Gasteiger charge is 2.25. The van der Waals surface area contributed by atoms with E-state index in [1.807, 2.05) is 0 Å². The van der Waals surface area contributed by atoms with Crippen LogP contribution in [0.5, 0.6) is 0 Å². The van der Waals surface area contributed by atoms with E-state index in [4.69, 9.17) is 10.5 Å². The number of nitrogens with two attached hydrogens (primary N) is 1. The second-order valence-electron chi connectivity index (χ2n) is 4.95. The fraction of sp³-hybridized carbons (Fsp3) is 0.308. The summed E-state index contributed by atoms with van der Waals surface area (Å²) in [5.74, 6) is 0.675. The van der Waals surface area contributed by atoms with Crippen LogP contribution in [0.1, 0.15) is 18.2 Å². The van der Waals surface area contributed by atoms with Gasteiger partial charge in [-0.3, -0.25) is 0 Å². The van der Waals surface area contributed by atoms with Crippen LogP contribution in [0.4, 0.5) is 10.1 Å². The predicted octanol–water partition coefficient (Wildman–Crippen LogP) is 2.08. The van der Waals surface area contributed by atoms with E-state index in [1.54, 1.807) is 10.6 Å². The van der Waals surface area contributed by atoms with Crippen molar-refractivity contribution in [3.05, 3.63) is 29.8 Å². The average molecular weight is 305 g/mol. The van der Waals surface area contributed by atoms with Gasteiger partial charge in [-0.15, -0.1) is 10.2 Å². The first-order valence-electron chi connectivity index (χ1n) is 6.57. The average Bonchev–Trinajstić information content (AvgIpc) is 3.13. The lowest BCUT2D eigenvalue weighted by Crippen LogP contribution is -2.04. The summed E-state index contributed by atoms with van der Waals surface area (Å²) in [5, 5.41) is 13.6. The third-order valence-corrected chi connectivity index (χ3v) is 4.49. The molecule has 0 spiro atoms. The van der Waals surface area contributed by atoms with Gasteiger partial charge < -0.3 is 10.5 Å². The summed E-state index contributed by atoms with van der Waals surface area (Å²) in [6, 6.07) is 4.30. The molecule has 1 atom stereocenters. The van der Waals surface area contributed by atoms with Gasteiger partial charge in [-0.25, -0.2) is 4.39 Å².